The molecule has 1 amide bonds. The van der Waals surface area contributed by atoms with Crippen molar-refractivity contribution in [2.75, 3.05) is 19.0 Å². The lowest BCUT2D eigenvalue weighted by molar-refractivity contribution is -0.384. The summed E-state index contributed by atoms with van der Waals surface area (Å²) in [7, 11) is 1.40. The molecule has 0 aliphatic carbocycles. The molecule has 2 rings (SSSR count). The van der Waals surface area contributed by atoms with E-state index < -0.39 is 23.4 Å². The van der Waals surface area contributed by atoms with E-state index in [2.05, 4.69) is 5.32 Å². The number of rotatable bonds is 7. The zero-order valence-electron chi connectivity index (χ0n) is 14.5. The highest BCUT2D eigenvalue weighted by molar-refractivity contribution is 6.34. The van der Waals surface area contributed by atoms with E-state index in [1.54, 1.807) is 6.07 Å². The number of carbonyl (C=O) groups excluding carboxylic acids is 2. The van der Waals surface area contributed by atoms with Gasteiger partial charge in [0.05, 0.1) is 22.7 Å². The highest BCUT2D eigenvalue weighted by Gasteiger charge is 2.12. The number of esters is 1. The van der Waals surface area contributed by atoms with Crippen LogP contribution < -0.4 is 10.1 Å². The number of hydrogen-bond acceptors (Lipinski definition) is 7. The summed E-state index contributed by atoms with van der Waals surface area (Å²) in [5, 5.41) is 22.5. The van der Waals surface area contributed by atoms with Crippen molar-refractivity contribution >= 4 is 40.9 Å². The number of amides is 1. The molecule has 0 saturated carbocycles. The Morgan fingerprint density at radius 2 is 2.04 bits per heavy atom. The van der Waals surface area contributed by atoms with Crippen LogP contribution in [0, 0.1) is 10.1 Å². The minimum Gasteiger partial charge on any atom is -0.504 e. The van der Waals surface area contributed by atoms with Crippen LogP contribution in [0.15, 0.2) is 42.5 Å². The summed E-state index contributed by atoms with van der Waals surface area (Å²) in [4.78, 5) is 33.6. The second-order valence-corrected chi connectivity index (χ2v) is 5.75. The second kappa shape index (κ2) is 9.38. The van der Waals surface area contributed by atoms with Gasteiger partial charge in [-0.2, -0.15) is 0 Å². The summed E-state index contributed by atoms with van der Waals surface area (Å²) in [6.07, 6.45) is 2.54. The maximum absolute atomic E-state index is 11.8. The number of methoxy groups -OCH3 is 1. The molecule has 9 nitrogen and oxygen atoms in total. The van der Waals surface area contributed by atoms with Crippen molar-refractivity contribution in [2.45, 2.75) is 0 Å². The van der Waals surface area contributed by atoms with Crippen LogP contribution in [-0.2, 0) is 14.3 Å². The van der Waals surface area contributed by atoms with E-state index in [0.29, 0.717) is 5.56 Å². The predicted molar refractivity (Wildman–Crippen MR) is 101 cm³/mol. The highest BCUT2D eigenvalue weighted by Crippen LogP contribution is 2.27. The molecule has 146 valence electrons. The first kappa shape index (κ1) is 20.7. The van der Waals surface area contributed by atoms with Gasteiger partial charge in [-0.1, -0.05) is 17.7 Å². The number of hydrogen-bond donors (Lipinski definition) is 2. The molecule has 0 aliphatic rings. The zero-order chi connectivity index (χ0) is 20.7. The van der Waals surface area contributed by atoms with E-state index in [4.69, 9.17) is 21.1 Å². The monoisotopic (exact) mass is 406 g/mol. The largest absolute Gasteiger partial charge is 0.504 e. The molecular formula is C18H15ClN2O7. The summed E-state index contributed by atoms with van der Waals surface area (Å²) in [6.45, 7) is -0.574. The van der Waals surface area contributed by atoms with Crippen molar-refractivity contribution in [1.29, 1.82) is 0 Å². The number of phenolic OH excluding ortho intramolecular Hbond substituents is 1. The van der Waals surface area contributed by atoms with Crippen molar-refractivity contribution in [2.24, 2.45) is 0 Å². The van der Waals surface area contributed by atoms with E-state index in [1.165, 1.54) is 37.5 Å². The van der Waals surface area contributed by atoms with Crippen LogP contribution in [0.5, 0.6) is 11.5 Å². The molecule has 0 spiro atoms. The van der Waals surface area contributed by atoms with E-state index in [9.17, 15) is 24.8 Å². The normalized spacial score (nSPS) is 10.5. The molecule has 0 saturated heterocycles. The topological polar surface area (TPSA) is 128 Å². The van der Waals surface area contributed by atoms with Gasteiger partial charge in [0.25, 0.3) is 11.6 Å². The minimum atomic E-state index is -0.767. The first-order valence-electron chi connectivity index (χ1n) is 7.76. The quantitative estimate of drug-likeness (QED) is 0.313. The Morgan fingerprint density at radius 1 is 1.29 bits per heavy atom. The Morgan fingerprint density at radius 3 is 2.68 bits per heavy atom. The van der Waals surface area contributed by atoms with Gasteiger partial charge in [-0.25, -0.2) is 4.79 Å². The molecule has 0 atom stereocenters. The van der Waals surface area contributed by atoms with Crippen LogP contribution in [0.1, 0.15) is 5.56 Å². The molecule has 0 aliphatic heterocycles. The van der Waals surface area contributed by atoms with Gasteiger partial charge in [0.2, 0.25) is 0 Å². The summed E-state index contributed by atoms with van der Waals surface area (Å²) < 4.78 is 9.77. The number of non-ortho nitro benzene ring substituents is 1. The fraction of sp³-hybridized carbons (Fsp3) is 0.111. The van der Waals surface area contributed by atoms with Gasteiger partial charge in [0.15, 0.2) is 18.1 Å². The second-order valence-electron chi connectivity index (χ2n) is 5.34. The Kier molecular flexibility index (Phi) is 6.94. The Labute approximate surface area is 164 Å². The molecule has 10 heteroatoms. The molecular weight excluding hydrogens is 392 g/mol. The van der Waals surface area contributed by atoms with Crippen molar-refractivity contribution in [1.82, 2.24) is 0 Å². The molecule has 0 heterocycles. The number of carbonyl (C=O) groups is 2. The number of ether oxygens (including phenoxy) is 2. The predicted octanol–water partition coefficient (Wildman–Crippen LogP) is 3.16. The molecule has 2 aromatic carbocycles. The average Bonchev–Trinajstić information content (AvgIpc) is 2.67. The molecule has 28 heavy (non-hydrogen) atoms. The Bertz CT molecular complexity index is 944. The maximum Gasteiger partial charge on any atom is 0.331 e. The first-order valence-corrected chi connectivity index (χ1v) is 8.13. The number of anilines is 1. The molecule has 0 fully saturated rings. The number of phenols is 1. The maximum atomic E-state index is 11.8. The van der Waals surface area contributed by atoms with Crippen molar-refractivity contribution in [3.63, 3.8) is 0 Å². The number of nitro groups is 1. The van der Waals surface area contributed by atoms with Crippen LogP contribution >= 0.6 is 11.6 Å². The SMILES string of the molecule is COc1cc(/C=C/C(=O)OCC(=O)Nc2ccc([N+](=O)[O-])cc2Cl)ccc1O. The van der Waals surface area contributed by atoms with Gasteiger partial charge in [-0.3, -0.25) is 14.9 Å². The fourth-order valence-electron chi connectivity index (χ4n) is 2.05. The molecule has 2 aromatic rings. The van der Waals surface area contributed by atoms with Gasteiger partial charge in [-0.15, -0.1) is 0 Å². The smallest absolute Gasteiger partial charge is 0.331 e. The van der Waals surface area contributed by atoms with E-state index >= 15 is 0 Å². The summed E-state index contributed by atoms with van der Waals surface area (Å²) in [5.74, 6) is -1.22. The number of nitro benzene ring substituents is 1. The summed E-state index contributed by atoms with van der Waals surface area (Å²) in [5.41, 5.74) is 0.513. The third-order valence-electron chi connectivity index (χ3n) is 3.40. The molecule has 0 unspecified atom stereocenters. The van der Waals surface area contributed by atoms with Gasteiger partial charge < -0.3 is 19.9 Å². The number of nitrogens with zero attached hydrogens (tertiary/aromatic N) is 1. The van der Waals surface area contributed by atoms with Crippen LogP contribution in [0.3, 0.4) is 0 Å². The zero-order valence-corrected chi connectivity index (χ0v) is 15.3. The molecule has 2 N–H and O–H groups in total. The van der Waals surface area contributed by atoms with Gasteiger partial charge in [0, 0.05) is 18.2 Å². The molecule has 0 radical (unpaired) electrons. The van der Waals surface area contributed by atoms with Crippen molar-refractivity contribution < 1.29 is 29.1 Å². The number of aromatic hydroxyl groups is 1. The highest BCUT2D eigenvalue weighted by atomic mass is 35.5. The summed E-state index contributed by atoms with van der Waals surface area (Å²) >= 11 is 5.87. The van der Waals surface area contributed by atoms with Gasteiger partial charge in [0.1, 0.15) is 0 Å². The van der Waals surface area contributed by atoms with Crippen LogP contribution in [0.25, 0.3) is 6.08 Å². The average molecular weight is 407 g/mol. The van der Waals surface area contributed by atoms with Gasteiger partial charge in [-0.05, 0) is 29.8 Å². The van der Waals surface area contributed by atoms with Crippen molar-refractivity contribution in [3.8, 4) is 11.5 Å². The minimum absolute atomic E-state index is 0.0185. The molecule has 0 bridgehead atoms. The van der Waals surface area contributed by atoms with E-state index in [0.717, 1.165) is 12.1 Å². The third kappa shape index (κ3) is 5.71. The fourth-order valence-corrected chi connectivity index (χ4v) is 2.27. The van der Waals surface area contributed by atoms with Crippen LogP contribution in [0.4, 0.5) is 11.4 Å². The lowest BCUT2D eigenvalue weighted by Gasteiger charge is -2.07. The lowest BCUT2D eigenvalue weighted by atomic mass is 10.2. The van der Waals surface area contributed by atoms with Crippen LogP contribution in [0.2, 0.25) is 5.02 Å². The van der Waals surface area contributed by atoms with Crippen molar-refractivity contribution in [3.05, 3.63) is 63.2 Å². The Hall–Kier alpha value is -3.59. The summed E-state index contributed by atoms with van der Waals surface area (Å²) in [6, 6.07) is 8.04. The van der Waals surface area contributed by atoms with Gasteiger partial charge >= 0.3 is 5.97 Å². The lowest BCUT2D eigenvalue weighted by Crippen LogP contribution is -2.20. The number of halogens is 1. The third-order valence-corrected chi connectivity index (χ3v) is 3.71. The molecule has 0 aromatic heterocycles. The first-order chi connectivity index (χ1) is 13.3. The number of nitrogens with one attached hydrogen (secondary N) is 1. The van der Waals surface area contributed by atoms with E-state index in [-0.39, 0.29) is 27.9 Å². The van der Waals surface area contributed by atoms with Crippen LogP contribution in [-0.4, -0.2) is 35.6 Å². The Balaban J connectivity index is 1.88. The standard InChI is InChI=1S/C18H15ClN2O7/c1-27-16-8-11(2-6-15(16)22)3-7-18(24)28-10-17(23)20-14-5-4-12(21(25)26)9-13(14)19/h2-9,22H,10H2,1H3,(H,20,23)/b7-3+. The van der Waals surface area contributed by atoms with E-state index in [1.807, 2.05) is 0 Å². The number of benzene rings is 2.